The second kappa shape index (κ2) is 6.58. The van der Waals surface area contributed by atoms with Gasteiger partial charge in [0.1, 0.15) is 5.75 Å². The molecule has 1 unspecified atom stereocenters. The third kappa shape index (κ3) is 3.16. The van der Waals surface area contributed by atoms with Crippen LogP contribution in [0.4, 0.5) is 0 Å². The lowest BCUT2D eigenvalue weighted by molar-refractivity contribution is -0.165. The maximum absolute atomic E-state index is 11.8. The maximum Gasteiger partial charge on any atom is 0.354 e. The Bertz CT molecular complexity index is 527. The predicted octanol–water partition coefficient (Wildman–Crippen LogP) is 1.47. The summed E-state index contributed by atoms with van der Waals surface area (Å²) in [5, 5.41) is 3.99. The molecule has 1 aliphatic rings. The fourth-order valence-corrected chi connectivity index (χ4v) is 2.08. The number of esters is 1. The van der Waals surface area contributed by atoms with E-state index in [4.69, 9.17) is 20.0 Å². The molecular weight excluding hydrogens is 272 g/mol. The van der Waals surface area contributed by atoms with Crippen LogP contribution in [-0.4, -0.2) is 37.5 Å². The summed E-state index contributed by atoms with van der Waals surface area (Å²) in [4.78, 5) is 17.1. The molecule has 0 aromatic heterocycles. The first-order valence-corrected chi connectivity index (χ1v) is 6.92. The number of methoxy groups -OCH3 is 1. The summed E-state index contributed by atoms with van der Waals surface area (Å²) in [5.41, 5.74) is 5.99. The van der Waals surface area contributed by atoms with Crippen LogP contribution in [0.2, 0.25) is 0 Å². The summed E-state index contributed by atoms with van der Waals surface area (Å²) in [6.07, 6.45) is 1.26. The lowest BCUT2D eigenvalue weighted by atomic mass is 9.94. The van der Waals surface area contributed by atoms with Gasteiger partial charge in [-0.15, -0.1) is 0 Å². The molecule has 0 saturated heterocycles. The minimum atomic E-state index is -1.21. The van der Waals surface area contributed by atoms with E-state index < -0.39 is 11.6 Å². The quantitative estimate of drug-likeness (QED) is 0.803. The molecule has 1 aliphatic heterocycles. The second-order valence-electron chi connectivity index (χ2n) is 4.87. The van der Waals surface area contributed by atoms with E-state index in [9.17, 15) is 4.79 Å². The van der Waals surface area contributed by atoms with Crippen molar-refractivity contribution in [3.63, 3.8) is 0 Å². The molecule has 114 valence electrons. The number of nitrogens with zero attached hydrogens (tertiary/aromatic N) is 1. The lowest BCUT2D eigenvalue weighted by Gasteiger charge is -2.21. The van der Waals surface area contributed by atoms with Crippen molar-refractivity contribution in [2.75, 3.05) is 20.3 Å². The highest BCUT2D eigenvalue weighted by atomic mass is 16.7. The summed E-state index contributed by atoms with van der Waals surface area (Å²) in [5.74, 6) is 0.296. The van der Waals surface area contributed by atoms with Gasteiger partial charge in [-0.05, 0) is 36.2 Å². The first kappa shape index (κ1) is 15.3. The van der Waals surface area contributed by atoms with E-state index in [-0.39, 0.29) is 6.54 Å². The van der Waals surface area contributed by atoms with Crippen LogP contribution in [0.25, 0.3) is 0 Å². The van der Waals surface area contributed by atoms with Crippen LogP contribution < -0.4 is 10.5 Å². The Morgan fingerprint density at radius 2 is 2.14 bits per heavy atom. The average molecular weight is 292 g/mol. The van der Waals surface area contributed by atoms with Crippen LogP contribution in [0.15, 0.2) is 29.4 Å². The van der Waals surface area contributed by atoms with Gasteiger partial charge in [-0.3, -0.25) is 0 Å². The molecule has 6 nitrogen and oxygen atoms in total. The molecule has 0 aliphatic carbocycles. The van der Waals surface area contributed by atoms with Crippen LogP contribution in [0, 0.1) is 0 Å². The summed E-state index contributed by atoms with van der Waals surface area (Å²) in [6.45, 7) is 2.75. The number of carbonyl (C=O) groups is 1. The second-order valence-corrected chi connectivity index (χ2v) is 4.87. The van der Waals surface area contributed by atoms with E-state index in [2.05, 4.69) is 12.1 Å². The SMILES string of the molecule is CCCOc1ccc(C2=NOC(CN)(C(=O)OC)C2)cc1. The van der Waals surface area contributed by atoms with Gasteiger partial charge < -0.3 is 20.0 Å². The van der Waals surface area contributed by atoms with Crippen LogP contribution in [0.3, 0.4) is 0 Å². The first-order chi connectivity index (χ1) is 10.1. The molecule has 0 fully saturated rings. The number of ether oxygens (including phenoxy) is 2. The number of benzene rings is 1. The normalized spacial score (nSPS) is 20.6. The molecule has 1 atom stereocenters. The van der Waals surface area contributed by atoms with E-state index in [1.54, 1.807) is 0 Å². The van der Waals surface area contributed by atoms with Gasteiger partial charge in [-0.2, -0.15) is 0 Å². The Hall–Kier alpha value is -2.08. The summed E-state index contributed by atoms with van der Waals surface area (Å²) < 4.78 is 10.3. The van der Waals surface area contributed by atoms with Crippen molar-refractivity contribution < 1.29 is 19.1 Å². The Morgan fingerprint density at radius 1 is 1.43 bits per heavy atom. The monoisotopic (exact) mass is 292 g/mol. The van der Waals surface area contributed by atoms with Crippen molar-refractivity contribution in [3.8, 4) is 5.75 Å². The molecule has 2 N–H and O–H groups in total. The number of hydrogen-bond acceptors (Lipinski definition) is 6. The Kier molecular flexibility index (Phi) is 4.80. The zero-order valence-corrected chi connectivity index (χ0v) is 12.3. The molecule has 0 bridgehead atoms. The van der Waals surface area contributed by atoms with Crippen LogP contribution >= 0.6 is 0 Å². The maximum atomic E-state index is 11.8. The zero-order valence-electron chi connectivity index (χ0n) is 12.3. The van der Waals surface area contributed by atoms with Crippen molar-refractivity contribution in [2.45, 2.75) is 25.4 Å². The lowest BCUT2D eigenvalue weighted by Crippen LogP contribution is -2.46. The summed E-state index contributed by atoms with van der Waals surface area (Å²) >= 11 is 0. The largest absolute Gasteiger partial charge is 0.494 e. The average Bonchev–Trinajstić information content (AvgIpc) is 2.98. The molecule has 0 amide bonds. The smallest absolute Gasteiger partial charge is 0.354 e. The van der Waals surface area contributed by atoms with E-state index in [1.807, 2.05) is 24.3 Å². The van der Waals surface area contributed by atoms with E-state index in [1.165, 1.54) is 7.11 Å². The van der Waals surface area contributed by atoms with Crippen LogP contribution in [0.1, 0.15) is 25.3 Å². The third-order valence-electron chi connectivity index (χ3n) is 3.33. The van der Waals surface area contributed by atoms with E-state index in [0.29, 0.717) is 18.7 Å². The fraction of sp³-hybridized carbons (Fsp3) is 0.467. The van der Waals surface area contributed by atoms with Crippen molar-refractivity contribution >= 4 is 11.7 Å². The third-order valence-corrected chi connectivity index (χ3v) is 3.33. The Morgan fingerprint density at radius 3 is 2.71 bits per heavy atom. The highest BCUT2D eigenvalue weighted by molar-refractivity contribution is 6.04. The number of nitrogens with two attached hydrogens (primary N) is 1. The van der Waals surface area contributed by atoms with E-state index >= 15 is 0 Å². The first-order valence-electron chi connectivity index (χ1n) is 6.92. The molecule has 1 aromatic rings. The molecular formula is C15H20N2O4. The molecule has 1 heterocycles. The fourth-order valence-electron chi connectivity index (χ4n) is 2.08. The Labute approximate surface area is 123 Å². The summed E-state index contributed by atoms with van der Waals surface area (Å²) in [7, 11) is 1.31. The Balaban J connectivity index is 2.08. The van der Waals surface area contributed by atoms with Gasteiger partial charge in [0.15, 0.2) is 0 Å². The van der Waals surface area contributed by atoms with Gasteiger partial charge in [0.25, 0.3) is 5.60 Å². The zero-order chi connectivity index (χ0) is 15.3. The van der Waals surface area contributed by atoms with Gasteiger partial charge in [0.2, 0.25) is 0 Å². The molecule has 1 aromatic carbocycles. The van der Waals surface area contributed by atoms with Crippen molar-refractivity contribution in [1.82, 2.24) is 0 Å². The molecule has 0 saturated carbocycles. The minimum absolute atomic E-state index is 0.0182. The van der Waals surface area contributed by atoms with E-state index in [0.717, 1.165) is 17.7 Å². The number of hydrogen-bond donors (Lipinski definition) is 1. The molecule has 21 heavy (non-hydrogen) atoms. The minimum Gasteiger partial charge on any atom is -0.494 e. The van der Waals surface area contributed by atoms with Gasteiger partial charge in [-0.25, -0.2) is 4.79 Å². The van der Waals surface area contributed by atoms with Crippen LogP contribution in [0.5, 0.6) is 5.75 Å². The van der Waals surface area contributed by atoms with Crippen LogP contribution in [-0.2, 0) is 14.4 Å². The molecule has 0 spiro atoms. The molecule has 0 radical (unpaired) electrons. The van der Waals surface area contributed by atoms with Crippen molar-refractivity contribution in [2.24, 2.45) is 10.9 Å². The highest BCUT2D eigenvalue weighted by Crippen LogP contribution is 2.28. The number of carbonyl (C=O) groups excluding carboxylic acids is 1. The molecule has 6 heteroatoms. The van der Waals surface area contributed by atoms with Gasteiger partial charge in [-0.1, -0.05) is 12.1 Å². The standard InChI is InChI=1S/C15H20N2O4/c1-3-8-20-12-6-4-11(5-7-12)13-9-15(10-16,21-17-13)14(18)19-2/h4-7H,3,8-10,16H2,1-2H3. The highest BCUT2D eigenvalue weighted by Gasteiger charge is 2.46. The van der Waals surface area contributed by atoms with Gasteiger partial charge >= 0.3 is 5.97 Å². The number of rotatable bonds is 6. The van der Waals surface area contributed by atoms with Gasteiger partial charge in [0, 0.05) is 13.0 Å². The van der Waals surface area contributed by atoms with Crippen molar-refractivity contribution in [1.29, 1.82) is 0 Å². The van der Waals surface area contributed by atoms with Gasteiger partial charge in [0.05, 0.1) is 19.4 Å². The predicted molar refractivity (Wildman–Crippen MR) is 78.3 cm³/mol. The number of oxime groups is 1. The topological polar surface area (TPSA) is 83.1 Å². The van der Waals surface area contributed by atoms with Crippen molar-refractivity contribution in [3.05, 3.63) is 29.8 Å². The molecule has 2 rings (SSSR count). The summed E-state index contributed by atoms with van der Waals surface area (Å²) in [6, 6.07) is 7.51.